The van der Waals surface area contributed by atoms with Crippen molar-refractivity contribution in [3.63, 3.8) is 0 Å². The molecule has 3 nitrogen and oxygen atoms in total. The van der Waals surface area contributed by atoms with Crippen molar-refractivity contribution >= 4 is 5.65 Å². The molecular weight excluding hydrogens is 212 g/mol. The molecule has 0 unspecified atom stereocenters. The summed E-state index contributed by atoms with van der Waals surface area (Å²) in [6.07, 6.45) is 1.81. The highest BCUT2D eigenvalue weighted by Gasteiger charge is 2.03. The minimum Gasteiger partial charge on any atom is -0.301 e. The summed E-state index contributed by atoms with van der Waals surface area (Å²) in [7, 11) is 0. The van der Waals surface area contributed by atoms with Gasteiger partial charge in [0.25, 0.3) is 5.56 Å². The molecule has 3 aromatic rings. The van der Waals surface area contributed by atoms with Crippen molar-refractivity contribution in [3.8, 4) is 11.3 Å². The first-order valence-corrected chi connectivity index (χ1v) is 5.31. The van der Waals surface area contributed by atoms with Crippen LogP contribution in [-0.2, 0) is 0 Å². The van der Waals surface area contributed by atoms with Gasteiger partial charge < -0.3 is 4.40 Å². The number of hydrogen-bond donors (Lipinski definition) is 0. The second-order valence-corrected chi connectivity index (χ2v) is 3.69. The van der Waals surface area contributed by atoms with Gasteiger partial charge in [0, 0.05) is 12.2 Å². The Morgan fingerprint density at radius 2 is 1.82 bits per heavy atom. The van der Waals surface area contributed by atoms with Crippen molar-refractivity contribution in [3.05, 3.63) is 71.1 Å². The first kappa shape index (κ1) is 8.70. The van der Waals surface area contributed by atoms with Crippen LogP contribution in [0.2, 0.25) is 0 Å². The molecular formula is C14H10N2O. The maximum Gasteiger partial charge on any atom is 0.273 e. The molecule has 0 N–H and O–H groups in total. The Balaban J connectivity index is 2.47. The van der Waals surface area contributed by atoms with E-state index in [-0.39, 0.29) is 6.04 Å². The van der Waals surface area contributed by atoms with Crippen LogP contribution in [-0.4, -0.2) is 9.38 Å². The maximum absolute atomic E-state index is 11.7. The molecule has 0 aliphatic heterocycles. The zero-order valence-electron chi connectivity index (χ0n) is 10.00. The van der Waals surface area contributed by atoms with Crippen LogP contribution in [0.1, 0.15) is 1.37 Å². The summed E-state index contributed by atoms with van der Waals surface area (Å²) in [5.74, 6) is 0. The summed E-state index contributed by atoms with van der Waals surface area (Å²) >= 11 is 0. The summed E-state index contributed by atoms with van der Waals surface area (Å²) in [4.78, 5) is 15.6. The van der Waals surface area contributed by atoms with Crippen LogP contribution in [0.3, 0.4) is 0 Å². The minimum absolute atomic E-state index is 0.0788. The molecule has 82 valence electrons. The van der Waals surface area contributed by atoms with E-state index in [9.17, 15) is 4.79 Å². The molecule has 2 aromatic heterocycles. The fourth-order valence-electron chi connectivity index (χ4n) is 1.82. The number of aromatic nitrogens is 2. The smallest absolute Gasteiger partial charge is 0.273 e. The van der Waals surface area contributed by atoms with Crippen molar-refractivity contribution in [2.24, 2.45) is 0 Å². The Bertz CT molecular complexity index is 766. The van der Waals surface area contributed by atoms with Crippen LogP contribution < -0.4 is 5.56 Å². The van der Waals surface area contributed by atoms with Gasteiger partial charge in [-0.05, 0) is 17.7 Å². The topological polar surface area (TPSA) is 34.4 Å². The van der Waals surface area contributed by atoms with E-state index < -0.39 is 5.56 Å². The zero-order valence-corrected chi connectivity index (χ0v) is 9.00. The molecule has 0 spiro atoms. The largest absolute Gasteiger partial charge is 0.301 e. The van der Waals surface area contributed by atoms with Crippen molar-refractivity contribution in [1.29, 1.82) is 0 Å². The normalized spacial score (nSPS) is 11.4. The second-order valence-electron chi connectivity index (χ2n) is 3.69. The van der Waals surface area contributed by atoms with Crippen LogP contribution in [0.4, 0.5) is 0 Å². The van der Waals surface area contributed by atoms with Crippen molar-refractivity contribution in [1.82, 2.24) is 9.38 Å². The lowest BCUT2D eigenvalue weighted by atomic mass is 10.1. The van der Waals surface area contributed by atoms with E-state index in [1.807, 2.05) is 48.7 Å². The number of hydrogen-bond acceptors (Lipinski definition) is 2. The van der Waals surface area contributed by atoms with Crippen molar-refractivity contribution in [2.45, 2.75) is 0 Å². The molecule has 0 amide bonds. The third-order valence-electron chi connectivity index (χ3n) is 2.57. The molecule has 0 radical (unpaired) electrons. The Morgan fingerprint density at radius 3 is 2.65 bits per heavy atom. The average molecular weight is 223 g/mol. The van der Waals surface area contributed by atoms with E-state index in [1.54, 1.807) is 10.5 Å². The summed E-state index contributed by atoms with van der Waals surface area (Å²) in [5.41, 5.74) is 1.46. The van der Waals surface area contributed by atoms with Crippen molar-refractivity contribution < 1.29 is 1.37 Å². The van der Waals surface area contributed by atoms with Gasteiger partial charge >= 0.3 is 0 Å². The van der Waals surface area contributed by atoms with Gasteiger partial charge in [-0.2, -0.15) is 4.98 Å². The average Bonchev–Trinajstić information content (AvgIpc) is 2.41. The molecule has 0 fully saturated rings. The van der Waals surface area contributed by atoms with E-state index in [2.05, 4.69) is 4.98 Å². The molecule has 0 aliphatic rings. The van der Waals surface area contributed by atoms with E-state index in [1.165, 1.54) is 0 Å². The minimum atomic E-state index is -0.500. The first-order chi connectivity index (χ1) is 8.77. The molecule has 0 bridgehead atoms. The molecule has 17 heavy (non-hydrogen) atoms. The number of nitrogens with zero attached hydrogens (tertiary/aromatic N) is 2. The fourth-order valence-corrected chi connectivity index (χ4v) is 1.82. The summed E-state index contributed by atoms with van der Waals surface area (Å²) in [6, 6.07) is 14.8. The Morgan fingerprint density at radius 1 is 1.06 bits per heavy atom. The number of benzene rings is 1. The summed E-state index contributed by atoms with van der Waals surface area (Å²) in [5, 5.41) is 0. The van der Waals surface area contributed by atoms with Gasteiger partial charge in [-0.1, -0.05) is 36.4 Å². The predicted octanol–water partition coefficient (Wildman–Crippen LogP) is 2.36. The lowest BCUT2D eigenvalue weighted by Crippen LogP contribution is -2.09. The van der Waals surface area contributed by atoms with Gasteiger partial charge in [0.2, 0.25) is 0 Å². The zero-order chi connectivity index (χ0) is 12.5. The van der Waals surface area contributed by atoms with E-state index in [0.717, 1.165) is 5.56 Å². The van der Waals surface area contributed by atoms with E-state index in [0.29, 0.717) is 11.3 Å². The van der Waals surface area contributed by atoms with Crippen molar-refractivity contribution in [2.75, 3.05) is 0 Å². The molecule has 0 aliphatic carbocycles. The highest BCUT2D eigenvalue weighted by atomic mass is 16.1. The lowest BCUT2D eigenvalue weighted by molar-refractivity contribution is 1.08. The highest BCUT2D eigenvalue weighted by molar-refractivity contribution is 5.62. The molecule has 0 atom stereocenters. The third-order valence-corrected chi connectivity index (χ3v) is 2.57. The van der Waals surface area contributed by atoms with E-state index in [4.69, 9.17) is 1.37 Å². The molecule has 1 aromatic carbocycles. The van der Waals surface area contributed by atoms with Gasteiger partial charge in [0.15, 0.2) is 0 Å². The second kappa shape index (κ2) is 3.87. The number of fused-ring (bicyclic) bond motifs is 1. The monoisotopic (exact) mass is 223 g/mol. The fraction of sp³-hybridized carbons (Fsp3) is 0. The quantitative estimate of drug-likeness (QED) is 0.634. The summed E-state index contributed by atoms with van der Waals surface area (Å²) < 4.78 is 9.68. The predicted molar refractivity (Wildman–Crippen MR) is 66.9 cm³/mol. The standard InChI is InChI=1S/C14H10N2O/c17-14-10-12(11-6-2-1-3-7-11)16-9-5-4-8-13(16)15-14/h1-10H/i10D. The van der Waals surface area contributed by atoms with Gasteiger partial charge in [-0.15, -0.1) is 0 Å². The van der Waals surface area contributed by atoms with Gasteiger partial charge in [0.1, 0.15) is 5.65 Å². The van der Waals surface area contributed by atoms with E-state index >= 15 is 0 Å². The lowest BCUT2D eigenvalue weighted by Gasteiger charge is -2.07. The van der Waals surface area contributed by atoms with Crippen LogP contribution in [0.25, 0.3) is 16.9 Å². The number of rotatable bonds is 1. The summed E-state index contributed by atoms with van der Waals surface area (Å²) in [6.45, 7) is 0. The Kier molecular flexibility index (Phi) is 1.98. The maximum atomic E-state index is 11.7. The number of pyridine rings is 1. The third kappa shape index (κ3) is 1.72. The highest BCUT2D eigenvalue weighted by Crippen LogP contribution is 2.17. The first-order valence-electron chi connectivity index (χ1n) is 5.81. The SMILES string of the molecule is [2H]c1c(-c2ccccc2)n2ccccc2nc1=O. The molecule has 0 saturated heterocycles. The molecule has 3 heteroatoms. The van der Waals surface area contributed by atoms with Crippen LogP contribution >= 0.6 is 0 Å². The van der Waals surface area contributed by atoms with Crippen LogP contribution in [0.5, 0.6) is 0 Å². The van der Waals surface area contributed by atoms with Crippen LogP contribution in [0, 0.1) is 0 Å². The van der Waals surface area contributed by atoms with Gasteiger partial charge in [-0.25, -0.2) is 0 Å². The Labute approximate surface area is 99.4 Å². The molecule has 0 saturated carbocycles. The van der Waals surface area contributed by atoms with Crippen LogP contribution in [0.15, 0.2) is 65.6 Å². The molecule has 3 rings (SSSR count). The Hall–Kier alpha value is -2.42. The van der Waals surface area contributed by atoms with Gasteiger partial charge in [0.05, 0.1) is 7.06 Å². The van der Waals surface area contributed by atoms with Gasteiger partial charge in [-0.3, -0.25) is 4.79 Å². The molecule has 2 heterocycles.